The van der Waals surface area contributed by atoms with Gasteiger partial charge in [0.05, 0.1) is 25.1 Å². The minimum absolute atomic E-state index is 0.112. The molecule has 1 aliphatic rings. The summed E-state index contributed by atoms with van der Waals surface area (Å²) in [5, 5.41) is 4.71. The first-order valence-electron chi connectivity index (χ1n) is 6.74. The average Bonchev–Trinajstić information content (AvgIpc) is 3.18. The molecule has 1 fully saturated rings. The summed E-state index contributed by atoms with van der Waals surface area (Å²) < 4.78 is 39.6. The highest BCUT2D eigenvalue weighted by atomic mass is 32.2. The number of hydrogen-bond acceptors (Lipinski definition) is 7. The number of rotatable bonds is 5. The van der Waals surface area contributed by atoms with Crippen LogP contribution in [-0.4, -0.2) is 36.4 Å². The maximum atomic E-state index is 12.4. The monoisotopic (exact) mass is 344 g/mol. The van der Waals surface area contributed by atoms with Gasteiger partial charge in [-0.15, -0.1) is 11.3 Å². The van der Waals surface area contributed by atoms with Gasteiger partial charge in [0.25, 0.3) is 10.0 Å². The molecule has 0 amide bonds. The number of nitrogens with one attached hydrogen (secondary N) is 1. The summed E-state index contributed by atoms with van der Waals surface area (Å²) in [6, 6.07) is 1.71. The lowest BCUT2D eigenvalue weighted by Crippen LogP contribution is -2.14. The van der Waals surface area contributed by atoms with Gasteiger partial charge in [0.2, 0.25) is 6.29 Å². The second-order valence-electron chi connectivity index (χ2n) is 4.69. The molecule has 8 nitrogen and oxygen atoms in total. The molecule has 2 aromatic rings. The second-order valence-corrected chi connectivity index (χ2v) is 7.67. The molecule has 22 heavy (non-hydrogen) atoms. The molecule has 0 unspecified atom stereocenters. The van der Waals surface area contributed by atoms with Crippen molar-refractivity contribution in [3.8, 4) is 0 Å². The van der Waals surface area contributed by atoms with E-state index in [1.54, 1.807) is 13.1 Å². The third kappa shape index (κ3) is 3.00. The van der Waals surface area contributed by atoms with Gasteiger partial charge in [0.1, 0.15) is 5.82 Å². The van der Waals surface area contributed by atoms with Crippen LogP contribution in [0.3, 0.4) is 0 Å². The second kappa shape index (κ2) is 5.95. The lowest BCUT2D eigenvalue weighted by molar-refractivity contribution is -0.0442. The standard InChI is InChI=1S/C12H16N4O4S2/c1-3-8-6-9(16(2)14-8)15-22(17,18)10-7-13-11(21-10)12-19-4-5-20-12/h6-7,12,15H,3-5H2,1-2H3. The van der Waals surface area contributed by atoms with Gasteiger partial charge in [-0.25, -0.2) is 13.4 Å². The highest BCUT2D eigenvalue weighted by molar-refractivity contribution is 7.94. The van der Waals surface area contributed by atoms with Crippen molar-refractivity contribution >= 4 is 27.2 Å². The third-order valence-electron chi connectivity index (χ3n) is 3.12. The molecule has 0 bridgehead atoms. The third-order valence-corrected chi connectivity index (χ3v) is 5.96. The summed E-state index contributed by atoms with van der Waals surface area (Å²) >= 11 is 1.03. The lowest BCUT2D eigenvalue weighted by Gasteiger charge is -2.05. The molecule has 1 aliphatic heterocycles. The average molecular weight is 344 g/mol. The van der Waals surface area contributed by atoms with Crippen molar-refractivity contribution in [2.75, 3.05) is 17.9 Å². The first kappa shape index (κ1) is 15.4. The van der Waals surface area contributed by atoms with E-state index < -0.39 is 16.3 Å². The summed E-state index contributed by atoms with van der Waals surface area (Å²) in [6.07, 6.45) is 1.47. The first-order valence-corrected chi connectivity index (χ1v) is 9.04. The molecule has 120 valence electrons. The van der Waals surface area contributed by atoms with Crippen molar-refractivity contribution in [3.63, 3.8) is 0 Å². The molecule has 3 heterocycles. The van der Waals surface area contributed by atoms with E-state index >= 15 is 0 Å². The number of ether oxygens (including phenoxy) is 2. The summed E-state index contributed by atoms with van der Waals surface area (Å²) in [6.45, 7) is 2.93. The molecule has 1 saturated heterocycles. The van der Waals surface area contributed by atoms with E-state index in [2.05, 4.69) is 14.8 Å². The van der Waals surface area contributed by atoms with E-state index in [0.717, 1.165) is 23.5 Å². The van der Waals surface area contributed by atoms with Crippen molar-refractivity contribution in [1.82, 2.24) is 14.8 Å². The topological polar surface area (TPSA) is 95.3 Å². The van der Waals surface area contributed by atoms with E-state index in [1.807, 2.05) is 6.92 Å². The van der Waals surface area contributed by atoms with Gasteiger partial charge in [-0.3, -0.25) is 9.40 Å². The molecule has 0 aromatic carbocycles. The molecule has 0 spiro atoms. The molecule has 2 aromatic heterocycles. The predicted octanol–water partition coefficient (Wildman–Crippen LogP) is 1.29. The molecule has 0 radical (unpaired) electrons. The van der Waals surface area contributed by atoms with Crippen LogP contribution in [0.2, 0.25) is 0 Å². The Morgan fingerprint density at radius 1 is 1.45 bits per heavy atom. The normalized spacial score (nSPS) is 16.3. The molecule has 10 heteroatoms. The van der Waals surface area contributed by atoms with Gasteiger partial charge >= 0.3 is 0 Å². The molecule has 3 rings (SSSR count). The highest BCUT2D eigenvalue weighted by Gasteiger charge is 2.26. The molecular weight excluding hydrogens is 328 g/mol. The maximum absolute atomic E-state index is 12.4. The summed E-state index contributed by atoms with van der Waals surface area (Å²) in [4.78, 5) is 4.08. The fourth-order valence-electron chi connectivity index (χ4n) is 1.99. The molecule has 0 atom stereocenters. The Kier molecular flexibility index (Phi) is 4.17. The SMILES string of the molecule is CCc1cc(NS(=O)(=O)c2cnc(C3OCCO3)s2)n(C)n1. The van der Waals surface area contributed by atoms with E-state index in [9.17, 15) is 8.42 Å². The van der Waals surface area contributed by atoms with Gasteiger partial charge in [0.15, 0.2) is 9.22 Å². The van der Waals surface area contributed by atoms with Crippen LogP contribution in [0.15, 0.2) is 16.5 Å². The van der Waals surface area contributed by atoms with Crippen LogP contribution in [0, 0.1) is 0 Å². The Morgan fingerprint density at radius 2 is 2.18 bits per heavy atom. The van der Waals surface area contributed by atoms with Gasteiger partial charge < -0.3 is 9.47 Å². The predicted molar refractivity (Wildman–Crippen MR) is 80.2 cm³/mol. The van der Waals surface area contributed by atoms with Crippen molar-refractivity contribution in [2.24, 2.45) is 7.05 Å². The van der Waals surface area contributed by atoms with Gasteiger partial charge in [-0.1, -0.05) is 6.92 Å². The summed E-state index contributed by atoms with van der Waals surface area (Å²) in [5.74, 6) is 0.417. The zero-order valence-electron chi connectivity index (χ0n) is 12.1. The number of thiazole rings is 1. The Bertz CT molecular complexity index is 762. The fourth-order valence-corrected chi connectivity index (χ4v) is 4.22. The number of sulfonamides is 1. The summed E-state index contributed by atoms with van der Waals surface area (Å²) in [7, 11) is -2.02. The zero-order chi connectivity index (χ0) is 15.7. The molecular formula is C12H16N4O4S2. The van der Waals surface area contributed by atoms with Crippen LogP contribution in [0.4, 0.5) is 5.82 Å². The zero-order valence-corrected chi connectivity index (χ0v) is 13.8. The largest absolute Gasteiger partial charge is 0.344 e. The van der Waals surface area contributed by atoms with E-state index in [0.29, 0.717) is 24.0 Å². The number of aromatic nitrogens is 3. The van der Waals surface area contributed by atoms with Crippen molar-refractivity contribution in [1.29, 1.82) is 0 Å². The summed E-state index contributed by atoms with van der Waals surface area (Å²) in [5.41, 5.74) is 0.818. The van der Waals surface area contributed by atoms with Crippen molar-refractivity contribution in [2.45, 2.75) is 23.8 Å². The van der Waals surface area contributed by atoms with Gasteiger partial charge in [-0.05, 0) is 6.42 Å². The number of nitrogens with zero attached hydrogens (tertiary/aromatic N) is 3. The Labute approximate surface area is 132 Å². The maximum Gasteiger partial charge on any atom is 0.274 e. The van der Waals surface area contributed by atoms with E-state index in [1.165, 1.54) is 10.9 Å². The quantitative estimate of drug-likeness (QED) is 0.878. The van der Waals surface area contributed by atoms with E-state index in [-0.39, 0.29) is 4.21 Å². The van der Waals surface area contributed by atoms with Gasteiger partial charge in [-0.2, -0.15) is 5.10 Å². The van der Waals surface area contributed by atoms with Crippen LogP contribution in [-0.2, 0) is 33.0 Å². The van der Waals surface area contributed by atoms with Crippen molar-refractivity contribution < 1.29 is 17.9 Å². The number of aryl methyl sites for hydroxylation is 2. The Balaban J connectivity index is 1.81. The van der Waals surface area contributed by atoms with Crippen LogP contribution >= 0.6 is 11.3 Å². The van der Waals surface area contributed by atoms with Crippen LogP contribution in [0.5, 0.6) is 0 Å². The first-order chi connectivity index (χ1) is 10.5. The minimum atomic E-state index is -3.71. The highest BCUT2D eigenvalue weighted by Crippen LogP contribution is 2.30. The van der Waals surface area contributed by atoms with Gasteiger partial charge in [0, 0.05) is 13.1 Å². The van der Waals surface area contributed by atoms with E-state index in [4.69, 9.17) is 9.47 Å². The van der Waals surface area contributed by atoms with Crippen LogP contribution in [0.1, 0.15) is 23.9 Å². The Morgan fingerprint density at radius 3 is 2.82 bits per heavy atom. The lowest BCUT2D eigenvalue weighted by atomic mass is 10.3. The van der Waals surface area contributed by atoms with Crippen LogP contribution < -0.4 is 4.72 Å². The molecule has 0 saturated carbocycles. The van der Waals surface area contributed by atoms with Crippen molar-refractivity contribution in [3.05, 3.63) is 23.0 Å². The fraction of sp³-hybridized carbons (Fsp3) is 0.500. The minimum Gasteiger partial charge on any atom is -0.344 e. The number of anilines is 1. The molecule has 1 N–H and O–H groups in total. The smallest absolute Gasteiger partial charge is 0.274 e. The van der Waals surface area contributed by atoms with Crippen LogP contribution in [0.25, 0.3) is 0 Å². The molecule has 0 aliphatic carbocycles. The number of hydrogen-bond donors (Lipinski definition) is 1. The Hall–Kier alpha value is -1.49.